The van der Waals surface area contributed by atoms with E-state index in [9.17, 15) is 13.6 Å². The summed E-state index contributed by atoms with van der Waals surface area (Å²) in [5, 5.41) is 2.77. The van der Waals surface area contributed by atoms with Gasteiger partial charge in [0, 0.05) is 5.69 Å². The minimum atomic E-state index is -2.84. The topological polar surface area (TPSA) is 42.8 Å². The van der Waals surface area contributed by atoms with Crippen molar-refractivity contribution in [1.29, 1.82) is 0 Å². The zero-order chi connectivity index (χ0) is 14.4. The lowest BCUT2D eigenvalue weighted by Crippen LogP contribution is -3.13. The second-order valence-corrected chi connectivity index (χ2v) is 4.94. The molecular weight excluding hydrogens is 266 g/mol. The maximum absolute atomic E-state index is 12.0. The normalized spacial score (nSPS) is 16.1. The Bertz CT molecular complexity index is 431. The summed E-state index contributed by atoms with van der Waals surface area (Å²) < 4.78 is 28.2. The van der Waals surface area contributed by atoms with E-state index in [0.29, 0.717) is 12.2 Å². The first-order valence-electron chi connectivity index (χ1n) is 6.82. The van der Waals surface area contributed by atoms with Crippen LogP contribution in [0.3, 0.4) is 0 Å². The molecule has 1 fully saturated rings. The maximum atomic E-state index is 12.0. The van der Waals surface area contributed by atoms with Gasteiger partial charge in [0.1, 0.15) is 5.75 Å². The molecule has 1 aromatic rings. The van der Waals surface area contributed by atoms with Gasteiger partial charge < -0.3 is 15.0 Å². The summed E-state index contributed by atoms with van der Waals surface area (Å²) >= 11 is 0. The minimum absolute atomic E-state index is 0.0515. The molecule has 6 heteroatoms. The highest BCUT2D eigenvalue weighted by atomic mass is 19.3. The Morgan fingerprint density at radius 1 is 1.20 bits per heavy atom. The third kappa shape index (κ3) is 4.77. The second-order valence-electron chi connectivity index (χ2n) is 4.94. The van der Waals surface area contributed by atoms with Crippen molar-refractivity contribution in [1.82, 2.24) is 0 Å². The van der Waals surface area contributed by atoms with E-state index in [0.717, 1.165) is 13.1 Å². The van der Waals surface area contributed by atoms with E-state index in [1.54, 1.807) is 12.1 Å². The molecule has 0 atom stereocenters. The van der Waals surface area contributed by atoms with Crippen molar-refractivity contribution in [3.8, 4) is 5.75 Å². The molecule has 0 bridgehead atoms. The number of carbonyl (C=O) groups excluding carboxylic acids is 1. The average Bonchev–Trinajstić information content (AvgIpc) is 2.41. The molecule has 1 heterocycles. The summed E-state index contributed by atoms with van der Waals surface area (Å²) in [6.45, 7) is -0.309. The van der Waals surface area contributed by atoms with Crippen molar-refractivity contribution in [3.63, 3.8) is 0 Å². The van der Waals surface area contributed by atoms with E-state index in [1.165, 1.54) is 36.3 Å². The summed E-state index contributed by atoms with van der Waals surface area (Å²) in [5.74, 6) is 0.0316. The Labute approximate surface area is 116 Å². The number of halogens is 2. The van der Waals surface area contributed by atoms with E-state index >= 15 is 0 Å². The number of carbonyl (C=O) groups is 1. The largest absolute Gasteiger partial charge is 0.435 e. The number of quaternary nitrogens is 1. The molecular formula is C14H19F2N2O2+. The van der Waals surface area contributed by atoms with E-state index in [2.05, 4.69) is 10.1 Å². The van der Waals surface area contributed by atoms with Gasteiger partial charge >= 0.3 is 6.61 Å². The number of anilines is 1. The fourth-order valence-electron chi connectivity index (χ4n) is 2.38. The van der Waals surface area contributed by atoms with Crippen LogP contribution in [0.4, 0.5) is 14.5 Å². The fraction of sp³-hybridized carbons (Fsp3) is 0.500. The summed E-state index contributed by atoms with van der Waals surface area (Å²) in [6, 6.07) is 5.94. The van der Waals surface area contributed by atoms with Gasteiger partial charge in [-0.25, -0.2) is 0 Å². The third-order valence-electron chi connectivity index (χ3n) is 3.33. The Hall–Kier alpha value is -1.69. The van der Waals surface area contributed by atoms with Crippen molar-refractivity contribution in [2.24, 2.45) is 0 Å². The molecule has 0 saturated carbocycles. The quantitative estimate of drug-likeness (QED) is 0.856. The number of nitrogens with one attached hydrogen (secondary N) is 2. The van der Waals surface area contributed by atoms with Gasteiger partial charge in [-0.1, -0.05) is 0 Å². The van der Waals surface area contributed by atoms with Gasteiger partial charge in [0.2, 0.25) is 0 Å². The van der Waals surface area contributed by atoms with Crippen LogP contribution in [0.25, 0.3) is 0 Å². The van der Waals surface area contributed by atoms with Crippen LogP contribution in [0.2, 0.25) is 0 Å². The lowest BCUT2D eigenvalue weighted by atomic mass is 10.1. The molecule has 1 aliphatic rings. The molecule has 1 amide bonds. The smallest absolute Gasteiger partial charge is 0.387 e. The molecule has 0 unspecified atom stereocenters. The molecule has 1 aromatic carbocycles. The van der Waals surface area contributed by atoms with Gasteiger partial charge in [-0.05, 0) is 43.5 Å². The highest BCUT2D eigenvalue weighted by molar-refractivity contribution is 5.91. The zero-order valence-electron chi connectivity index (χ0n) is 11.2. The summed E-state index contributed by atoms with van der Waals surface area (Å²) in [6.07, 6.45) is 3.58. The molecule has 1 saturated heterocycles. The predicted octanol–water partition coefficient (Wildman–Crippen LogP) is 1.30. The third-order valence-corrected chi connectivity index (χ3v) is 3.33. The van der Waals surface area contributed by atoms with Gasteiger partial charge in [-0.2, -0.15) is 8.78 Å². The van der Waals surface area contributed by atoms with Gasteiger partial charge in [0.25, 0.3) is 5.91 Å². The number of rotatable bonds is 5. The molecule has 1 aliphatic heterocycles. The van der Waals surface area contributed by atoms with E-state index in [4.69, 9.17) is 0 Å². The van der Waals surface area contributed by atoms with E-state index < -0.39 is 6.61 Å². The Balaban J connectivity index is 1.81. The van der Waals surface area contributed by atoms with Crippen LogP contribution in [0, 0.1) is 0 Å². The summed E-state index contributed by atoms with van der Waals surface area (Å²) in [7, 11) is 0. The van der Waals surface area contributed by atoms with E-state index in [-0.39, 0.29) is 11.7 Å². The van der Waals surface area contributed by atoms with Crippen molar-refractivity contribution in [2.75, 3.05) is 25.0 Å². The molecule has 110 valence electrons. The number of ether oxygens (including phenoxy) is 1. The van der Waals surface area contributed by atoms with Crippen LogP contribution in [0.1, 0.15) is 19.3 Å². The molecule has 0 aliphatic carbocycles. The average molecular weight is 285 g/mol. The molecule has 0 radical (unpaired) electrons. The van der Waals surface area contributed by atoms with Gasteiger partial charge in [0.15, 0.2) is 6.54 Å². The number of amides is 1. The van der Waals surface area contributed by atoms with Crippen LogP contribution >= 0.6 is 0 Å². The van der Waals surface area contributed by atoms with Crippen LogP contribution in [0.5, 0.6) is 5.75 Å². The highest BCUT2D eigenvalue weighted by Crippen LogP contribution is 2.17. The first-order valence-corrected chi connectivity index (χ1v) is 6.82. The van der Waals surface area contributed by atoms with E-state index in [1.807, 2.05) is 0 Å². The monoisotopic (exact) mass is 285 g/mol. The Morgan fingerprint density at radius 3 is 2.45 bits per heavy atom. The minimum Gasteiger partial charge on any atom is -0.435 e. The second kappa shape index (κ2) is 7.19. The SMILES string of the molecule is O=C(C[NH+]1CCCCC1)Nc1ccc(OC(F)F)cc1. The lowest BCUT2D eigenvalue weighted by molar-refractivity contribution is -0.896. The van der Waals surface area contributed by atoms with Crippen LogP contribution < -0.4 is 15.0 Å². The first kappa shape index (κ1) is 14.7. The first-order chi connectivity index (χ1) is 9.63. The summed E-state index contributed by atoms with van der Waals surface area (Å²) in [5.41, 5.74) is 0.591. The van der Waals surface area contributed by atoms with Crippen molar-refractivity contribution < 1.29 is 23.2 Å². The highest BCUT2D eigenvalue weighted by Gasteiger charge is 2.17. The standard InChI is InChI=1S/C14H18F2N2O2/c15-14(16)20-12-6-4-11(5-7-12)17-13(19)10-18-8-2-1-3-9-18/h4-7,14H,1-3,8-10H2,(H,17,19)/p+1. The molecule has 2 N–H and O–H groups in total. The number of likely N-dealkylation sites (tertiary alicyclic amines) is 1. The number of benzene rings is 1. The Morgan fingerprint density at radius 2 is 1.85 bits per heavy atom. The molecule has 20 heavy (non-hydrogen) atoms. The van der Waals surface area contributed by atoms with Crippen LogP contribution in [-0.2, 0) is 4.79 Å². The number of hydrogen-bond acceptors (Lipinski definition) is 2. The zero-order valence-corrected chi connectivity index (χ0v) is 11.2. The number of hydrogen-bond donors (Lipinski definition) is 2. The maximum Gasteiger partial charge on any atom is 0.387 e. The number of alkyl halides is 2. The lowest BCUT2D eigenvalue weighted by Gasteiger charge is -2.22. The van der Waals surface area contributed by atoms with Crippen LogP contribution in [0.15, 0.2) is 24.3 Å². The van der Waals surface area contributed by atoms with Crippen LogP contribution in [-0.4, -0.2) is 32.2 Å². The van der Waals surface area contributed by atoms with Crippen molar-refractivity contribution in [2.45, 2.75) is 25.9 Å². The number of piperidine rings is 1. The Kier molecular flexibility index (Phi) is 5.29. The van der Waals surface area contributed by atoms with Crippen molar-refractivity contribution in [3.05, 3.63) is 24.3 Å². The summed E-state index contributed by atoms with van der Waals surface area (Å²) in [4.78, 5) is 13.2. The van der Waals surface area contributed by atoms with Crippen molar-refractivity contribution >= 4 is 11.6 Å². The molecule has 2 rings (SSSR count). The van der Waals surface area contributed by atoms with Gasteiger partial charge in [0.05, 0.1) is 13.1 Å². The molecule has 0 spiro atoms. The van der Waals surface area contributed by atoms with Gasteiger partial charge in [-0.15, -0.1) is 0 Å². The van der Waals surface area contributed by atoms with Gasteiger partial charge in [-0.3, -0.25) is 4.79 Å². The fourth-order valence-corrected chi connectivity index (χ4v) is 2.38. The predicted molar refractivity (Wildman–Crippen MR) is 71.1 cm³/mol. The molecule has 0 aromatic heterocycles. The molecule has 4 nitrogen and oxygen atoms in total.